The van der Waals surface area contributed by atoms with E-state index >= 15 is 0 Å². The summed E-state index contributed by atoms with van der Waals surface area (Å²) in [5, 5.41) is 0. The van der Waals surface area contributed by atoms with Gasteiger partial charge in [0.25, 0.3) is 0 Å². The van der Waals surface area contributed by atoms with Gasteiger partial charge in [0.05, 0.1) is 5.41 Å². The lowest BCUT2D eigenvalue weighted by Gasteiger charge is -2.28. The van der Waals surface area contributed by atoms with Crippen molar-refractivity contribution in [1.29, 1.82) is 0 Å². The van der Waals surface area contributed by atoms with Crippen molar-refractivity contribution in [2.45, 2.75) is 44.6 Å². The van der Waals surface area contributed by atoms with E-state index in [1.54, 1.807) is 0 Å². The molecule has 0 saturated heterocycles. The molecule has 1 aromatic rings. The van der Waals surface area contributed by atoms with Crippen molar-refractivity contribution < 1.29 is 14.3 Å². The molecule has 19 heavy (non-hydrogen) atoms. The summed E-state index contributed by atoms with van der Waals surface area (Å²) < 4.78 is 4.87. The van der Waals surface area contributed by atoms with E-state index in [1.807, 2.05) is 24.3 Å². The van der Waals surface area contributed by atoms with Crippen molar-refractivity contribution in [3.05, 3.63) is 35.4 Å². The Bertz CT molecular complexity index is 490. The third-order valence-corrected chi connectivity index (χ3v) is 3.84. The topological polar surface area (TPSA) is 69.4 Å². The van der Waals surface area contributed by atoms with E-state index < -0.39 is 17.4 Å². The monoisotopic (exact) mass is 261 g/mol. The second kappa shape index (κ2) is 5.53. The summed E-state index contributed by atoms with van der Waals surface area (Å²) >= 11 is 0. The highest BCUT2D eigenvalue weighted by molar-refractivity contribution is 5.92. The van der Waals surface area contributed by atoms with Gasteiger partial charge in [0, 0.05) is 13.5 Å². The zero-order valence-electron chi connectivity index (χ0n) is 11.1. The molecule has 4 nitrogen and oxygen atoms in total. The fraction of sp³-hybridized carbons (Fsp3) is 0.467. The summed E-state index contributed by atoms with van der Waals surface area (Å²) in [6.45, 7) is 1.64. The predicted molar refractivity (Wildman–Crippen MR) is 71.3 cm³/mol. The quantitative estimate of drug-likeness (QED) is 0.668. The van der Waals surface area contributed by atoms with Crippen LogP contribution in [-0.4, -0.2) is 11.9 Å². The molecule has 0 atom stereocenters. The van der Waals surface area contributed by atoms with Crippen molar-refractivity contribution in [2.24, 2.45) is 5.73 Å². The average Bonchev–Trinajstić information content (AvgIpc) is 2.88. The second-order valence-corrected chi connectivity index (χ2v) is 5.03. The highest BCUT2D eigenvalue weighted by atomic mass is 16.6. The van der Waals surface area contributed by atoms with Crippen LogP contribution >= 0.6 is 0 Å². The molecular weight excluding hydrogens is 242 g/mol. The first-order chi connectivity index (χ1) is 9.10. The third-order valence-electron chi connectivity index (χ3n) is 3.84. The van der Waals surface area contributed by atoms with Crippen molar-refractivity contribution in [2.75, 3.05) is 0 Å². The average molecular weight is 261 g/mol. The van der Waals surface area contributed by atoms with Crippen LogP contribution in [0.25, 0.3) is 0 Å². The standard InChI is InChI=1S/C15H19NO3/c1-11(17)19-14(18)15(8-4-5-9-15)13-7-3-2-6-12(13)10-16/h2-3,6-7H,4-5,8-10,16H2,1H3. The first-order valence-electron chi connectivity index (χ1n) is 6.61. The number of hydrogen-bond donors (Lipinski definition) is 1. The molecule has 1 fully saturated rings. The first-order valence-corrected chi connectivity index (χ1v) is 6.61. The van der Waals surface area contributed by atoms with E-state index in [-0.39, 0.29) is 0 Å². The van der Waals surface area contributed by atoms with Crippen LogP contribution in [0.15, 0.2) is 24.3 Å². The van der Waals surface area contributed by atoms with Gasteiger partial charge in [-0.2, -0.15) is 0 Å². The third kappa shape index (κ3) is 2.54. The summed E-state index contributed by atoms with van der Waals surface area (Å²) in [6.07, 6.45) is 3.37. The molecule has 1 aromatic carbocycles. The number of rotatable bonds is 3. The molecule has 0 heterocycles. The largest absolute Gasteiger partial charge is 0.393 e. The van der Waals surface area contributed by atoms with E-state index in [4.69, 9.17) is 10.5 Å². The molecule has 2 N–H and O–H groups in total. The summed E-state index contributed by atoms with van der Waals surface area (Å²) in [4.78, 5) is 23.4. The van der Waals surface area contributed by atoms with Crippen LogP contribution in [0.1, 0.15) is 43.7 Å². The highest BCUT2D eigenvalue weighted by Crippen LogP contribution is 2.43. The van der Waals surface area contributed by atoms with Gasteiger partial charge in [-0.3, -0.25) is 9.59 Å². The van der Waals surface area contributed by atoms with Gasteiger partial charge in [-0.05, 0) is 24.0 Å². The van der Waals surface area contributed by atoms with Gasteiger partial charge in [-0.25, -0.2) is 0 Å². The zero-order valence-corrected chi connectivity index (χ0v) is 11.1. The molecule has 0 radical (unpaired) electrons. The van der Waals surface area contributed by atoms with Crippen molar-refractivity contribution in [3.8, 4) is 0 Å². The first kappa shape index (κ1) is 13.7. The molecule has 2 rings (SSSR count). The fourth-order valence-corrected chi connectivity index (χ4v) is 2.96. The van der Waals surface area contributed by atoms with Crippen LogP contribution in [0.5, 0.6) is 0 Å². The molecule has 0 bridgehead atoms. The number of hydrogen-bond acceptors (Lipinski definition) is 4. The van der Waals surface area contributed by atoms with Crippen LogP contribution in [-0.2, 0) is 26.3 Å². The summed E-state index contributed by atoms with van der Waals surface area (Å²) in [5.74, 6) is -0.986. The molecule has 1 saturated carbocycles. The van der Waals surface area contributed by atoms with E-state index in [9.17, 15) is 9.59 Å². The summed E-state index contributed by atoms with van der Waals surface area (Å²) in [5.41, 5.74) is 6.93. The number of carbonyl (C=O) groups is 2. The molecule has 0 aromatic heterocycles. The van der Waals surface area contributed by atoms with Gasteiger partial charge >= 0.3 is 11.9 Å². The number of ether oxygens (including phenoxy) is 1. The summed E-state index contributed by atoms with van der Waals surface area (Å²) in [6, 6.07) is 7.66. The second-order valence-electron chi connectivity index (χ2n) is 5.03. The Morgan fingerprint density at radius 3 is 2.47 bits per heavy atom. The smallest absolute Gasteiger partial charge is 0.324 e. The van der Waals surface area contributed by atoms with E-state index in [2.05, 4.69) is 0 Å². The Morgan fingerprint density at radius 2 is 1.89 bits per heavy atom. The van der Waals surface area contributed by atoms with Gasteiger partial charge in [-0.15, -0.1) is 0 Å². The Labute approximate surface area is 112 Å². The molecule has 0 amide bonds. The maximum atomic E-state index is 12.4. The van der Waals surface area contributed by atoms with Crippen LogP contribution < -0.4 is 5.73 Å². The summed E-state index contributed by atoms with van der Waals surface area (Å²) in [7, 11) is 0. The minimum Gasteiger partial charge on any atom is -0.393 e. The lowest BCUT2D eigenvalue weighted by Crippen LogP contribution is -2.37. The number of benzene rings is 1. The highest BCUT2D eigenvalue weighted by Gasteiger charge is 2.45. The minimum atomic E-state index is -0.693. The fourth-order valence-electron chi connectivity index (χ4n) is 2.96. The molecule has 0 spiro atoms. The van der Waals surface area contributed by atoms with Gasteiger partial charge in [0.2, 0.25) is 0 Å². The maximum absolute atomic E-state index is 12.4. The Kier molecular flexibility index (Phi) is 4.00. The van der Waals surface area contributed by atoms with Gasteiger partial charge in [-0.1, -0.05) is 37.1 Å². The van der Waals surface area contributed by atoms with E-state index in [0.717, 1.165) is 36.8 Å². The predicted octanol–water partition coefficient (Wildman–Crippen LogP) is 2.05. The van der Waals surface area contributed by atoms with E-state index in [1.165, 1.54) is 6.92 Å². The lowest BCUT2D eigenvalue weighted by atomic mass is 9.76. The normalized spacial score (nSPS) is 17.2. The van der Waals surface area contributed by atoms with Gasteiger partial charge in [0.1, 0.15) is 0 Å². The van der Waals surface area contributed by atoms with Crippen LogP contribution in [0.4, 0.5) is 0 Å². The molecule has 0 unspecified atom stereocenters. The molecule has 1 aliphatic rings. The maximum Gasteiger partial charge on any atom is 0.324 e. The lowest BCUT2D eigenvalue weighted by molar-refractivity contribution is -0.162. The molecule has 102 valence electrons. The molecule has 0 aliphatic heterocycles. The van der Waals surface area contributed by atoms with Crippen molar-refractivity contribution in [3.63, 3.8) is 0 Å². The van der Waals surface area contributed by atoms with Crippen LogP contribution in [0.2, 0.25) is 0 Å². The number of carbonyl (C=O) groups excluding carboxylic acids is 2. The molecule has 1 aliphatic carbocycles. The molecular formula is C15H19NO3. The van der Waals surface area contributed by atoms with Crippen LogP contribution in [0.3, 0.4) is 0 Å². The van der Waals surface area contributed by atoms with Crippen LogP contribution in [0, 0.1) is 0 Å². The van der Waals surface area contributed by atoms with Crippen molar-refractivity contribution >= 4 is 11.9 Å². The molecule has 4 heteroatoms. The number of nitrogens with two attached hydrogens (primary N) is 1. The SMILES string of the molecule is CC(=O)OC(=O)C1(c2ccccc2CN)CCCC1. The Balaban J connectivity index is 2.44. The zero-order chi connectivity index (χ0) is 13.9. The number of esters is 2. The van der Waals surface area contributed by atoms with Gasteiger partial charge < -0.3 is 10.5 Å². The van der Waals surface area contributed by atoms with Gasteiger partial charge in [0.15, 0.2) is 0 Å². The van der Waals surface area contributed by atoms with Crippen molar-refractivity contribution in [1.82, 2.24) is 0 Å². The Morgan fingerprint density at radius 1 is 1.26 bits per heavy atom. The Hall–Kier alpha value is -1.68. The van der Waals surface area contributed by atoms with E-state index in [0.29, 0.717) is 6.54 Å². The minimum absolute atomic E-state index is 0.380.